The van der Waals surface area contributed by atoms with E-state index in [1.165, 1.54) is 16.2 Å². The summed E-state index contributed by atoms with van der Waals surface area (Å²) in [5.74, 6) is -0.247. The highest BCUT2D eigenvalue weighted by atomic mass is 35.7. The van der Waals surface area contributed by atoms with Crippen molar-refractivity contribution < 1.29 is 13.2 Å². The van der Waals surface area contributed by atoms with E-state index in [0.717, 1.165) is 5.69 Å². The molecule has 2 heterocycles. The van der Waals surface area contributed by atoms with Crippen LogP contribution >= 0.6 is 22.0 Å². The van der Waals surface area contributed by atoms with E-state index in [0.29, 0.717) is 5.13 Å². The molecule has 88 valence electrons. The molecule has 1 unspecified atom stereocenters. The van der Waals surface area contributed by atoms with Gasteiger partial charge >= 0.3 is 0 Å². The summed E-state index contributed by atoms with van der Waals surface area (Å²) in [6.45, 7) is 1.91. The van der Waals surface area contributed by atoms with Crippen molar-refractivity contribution in [3.63, 3.8) is 0 Å². The van der Waals surface area contributed by atoms with Crippen molar-refractivity contribution in [2.75, 3.05) is 11.4 Å². The van der Waals surface area contributed by atoms with Crippen LogP contribution in [0, 0.1) is 6.92 Å². The number of hydrogen-bond donors (Lipinski definition) is 0. The molecule has 1 aliphatic heterocycles. The number of rotatable bonds is 2. The van der Waals surface area contributed by atoms with Crippen molar-refractivity contribution in [1.82, 2.24) is 4.98 Å². The molecule has 1 aromatic rings. The van der Waals surface area contributed by atoms with Gasteiger partial charge in [0.2, 0.25) is 15.0 Å². The van der Waals surface area contributed by atoms with Gasteiger partial charge in [-0.3, -0.25) is 9.69 Å². The van der Waals surface area contributed by atoms with Gasteiger partial charge in [0.15, 0.2) is 5.13 Å². The van der Waals surface area contributed by atoms with Gasteiger partial charge in [-0.25, -0.2) is 13.4 Å². The summed E-state index contributed by atoms with van der Waals surface area (Å²) in [5.41, 5.74) is 0.810. The van der Waals surface area contributed by atoms with Crippen LogP contribution < -0.4 is 4.90 Å². The summed E-state index contributed by atoms with van der Waals surface area (Å²) in [6.07, 6.45) is -0.0650. The molecule has 1 aliphatic rings. The minimum Gasteiger partial charge on any atom is -0.287 e. The normalized spacial score (nSPS) is 21.8. The van der Waals surface area contributed by atoms with Gasteiger partial charge in [-0.05, 0) is 6.92 Å². The van der Waals surface area contributed by atoms with Crippen molar-refractivity contribution in [1.29, 1.82) is 0 Å². The van der Waals surface area contributed by atoms with Gasteiger partial charge in [0.25, 0.3) is 0 Å². The van der Waals surface area contributed by atoms with Crippen LogP contribution in [0.1, 0.15) is 12.1 Å². The lowest BCUT2D eigenvalue weighted by molar-refractivity contribution is -0.117. The predicted molar refractivity (Wildman–Crippen MR) is 62.4 cm³/mol. The van der Waals surface area contributed by atoms with Crippen LogP contribution in [-0.2, 0) is 13.8 Å². The highest BCUT2D eigenvalue weighted by Crippen LogP contribution is 2.28. The molecule has 8 heteroatoms. The van der Waals surface area contributed by atoms with Crippen LogP contribution in [0.4, 0.5) is 5.13 Å². The number of amides is 1. The Balaban J connectivity index is 2.24. The molecule has 0 aromatic carbocycles. The van der Waals surface area contributed by atoms with Crippen LogP contribution in [-0.4, -0.2) is 31.1 Å². The van der Waals surface area contributed by atoms with E-state index < -0.39 is 14.3 Å². The maximum atomic E-state index is 11.6. The van der Waals surface area contributed by atoms with E-state index >= 15 is 0 Å². The maximum absolute atomic E-state index is 11.6. The summed E-state index contributed by atoms with van der Waals surface area (Å²) in [6, 6.07) is 0. The van der Waals surface area contributed by atoms with Crippen molar-refractivity contribution in [3.8, 4) is 0 Å². The molecule has 1 fully saturated rings. The second-order valence-electron chi connectivity index (χ2n) is 3.58. The minimum atomic E-state index is -3.68. The molecule has 0 bridgehead atoms. The van der Waals surface area contributed by atoms with E-state index in [4.69, 9.17) is 10.7 Å². The number of carbonyl (C=O) groups is 1. The highest BCUT2D eigenvalue weighted by Gasteiger charge is 2.38. The zero-order valence-corrected chi connectivity index (χ0v) is 10.8. The van der Waals surface area contributed by atoms with Gasteiger partial charge in [-0.1, -0.05) is 0 Å². The molecule has 2 rings (SSSR count). The second-order valence-corrected chi connectivity index (χ2v) is 7.32. The lowest BCUT2D eigenvalue weighted by Crippen LogP contribution is -2.26. The van der Waals surface area contributed by atoms with Gasteiger partial charge in [0.1, 0.15) is 5.25 Å². The number of carbonyl (C=O) groups excluding carboxylic acids is 1. The van der Waals surface area contributed by atoms with E-state index in [-0.39, 0.29) is 18.9 Å². The van der Waals surface area contributed by atoms with Crippen molar-refractivity contribution in [2.24, 2.45) is 0 Å². The molecule has 16 heavy (non-hydrogen) atoms. The van der Waals surface area contributed by atoms with Crippen LogP contribution in [0.2, 0.25) is 0 Å². The third-order valence-electron chi connectivity index (χ3n) is 2.33. The predicted octanol–water partition coefficient (Wildman–Crippen LogP) is 1.13. The largest absolute Gasteiger partial charge is 0.287 e. The number of aromatic nitrogens is 1. The number of aryl methyl sites for hydroxylation is 1. The summed E-state index contributed by atoms with van der Waals surface area (Å²) in [5, 5.41) is 1.52. The zero-order chi connectivity index (χ0) is 11.9. The quantitative estimate of drug-likeness (QED) is 0.762. The van der Waals surface area contributed by atoms with E-state index in [1.54, 1.807) is 0 Å². The summed E-state index contributed by atoms with van der Waals surface area (Å²) >= 11 is 1.32. The van der Waals surface area contributed by atoms with Crippen LogP contribution in [0.25, 0.3) is 0 Å². The van der Waals surface area contributed by atoms with Crippen LogP contribution in [0.3, 0.4) is 0 Å². The Hall–Kier alpha value is -0.660. The molecular formula is C8H9ClN2O3S2. The number of hydrogen-bond acceptors (Lipinski definition) is 5. The SMILES string of the molecule is Cc1csc(N2CC(S(=O)(=O)Cl)CC2=O)n1. The molecule has 0 N–H and O–H groups in total. The fraction of sp³-hybridized carbons (Fsp3) is 0.500. The third kappa shape index (κ3) is 2.21. The average Bonchev–Trinajstić information content (AvgIpc) is 2.70. The van der Waals surface area contributed by atoms with Gasteiger partial charge in [-0.15, -0.1) is 11.3 Å². The van der Waals surface area contributed by atoms with E-state index in [1.807, 2.05) is 12.3 Å². The number of anilines is 1. The fourth-order valence-corrected chi connectivity index (χ4v) is 3.37. The molecule has 0 saturated carbocycles. The Morgan fingerprint density at radius 2 is 2.31 bits per heavy atom. The molecule has 1 atom stereocenters. The smallest absolute Gasteiger partial charge is 0.237 e. The Morgan fingerprint density at radius 3 is 2.75 bits per heavy atom. The Bertz CT molecular complexity index is 525. The number of nitrogens with zero attached hydrogens (tertiary/aromatic N) is 2. The van der Waals surface area contributed by atoms with Crippen molar-refractivity contribution >= 4 is 42.1 Å². The first-order valence-electron chi connectivity index (χ1n) is 4.54. The molecule has 1 saturated heterocycles. The third-order valence-corrected chi connectivity index (χ3v) is 5.17. The van der Waals surface area contributed by atoms with Gasteiger partial charge in [0.05, 0.1) is 5.69 Å². The zero-order valence-electron chi connectivity index (χ0n) is 8.38. The average molecular weight is 281 g/mol. The van der Waals surface area contributed by atoms with Crippen LogP contribution in [0.5, 0.6) is 0 Å². The topological polar surface area (TPSA) is 67.3 Å². The van der Waals surface area contributed by atoms with Crippen molar-refractivity contribution in [3.05, 3.63) is 11.1 Å². The lowest BCUT2D eigenvalue weighted by atomic mass is 10.4. The number of halogens is 1. The monoisotopic (exact) mass is 280 g/mol. The molecule has 0 radical (unpaired) electrons. The summed E-state index contributed by atoms with van der Waals surface area (Å²) < 4.78 is 22.3. The summed E-state index contributed by atoms with van der Waals surface area (Å²) in [7, 11) is 1.56. The van der Waals surface area contributed by atoms with Gasteiger partial charge < -0.3 is 0 Å². The molecular weight excluding hydrogens is 272 g/mol. The molecule has 1 aromatic heterocycles. The van der Waals surface area contributed by atoms with Gasteiger partial charge in [-0.2, -0.15) is 0 Å². The highest BCUT2D eigenvalue weighted by molar-refractivity contribution is 8.14. The molecule has 0 spiro atoms. The Kier molecular flexibility index (Phi) is 2.93. The molecule has 5 nitrogen and oxygen atoms in total. The first-order chi connectivity index (χ1) is 7.38. The molecule has 1 amide bonds. The Labute approximate surface area is 101 Å². The molecule has 0 aliphatic carbocycles. The minimum absolute atomic E-state index is 0.0650. The number of thiazole rings is 1. The van der Waals surface area contributed by atoms with Crippen LogP contribution in [0.15, 0.2) is 5.38 Å². The van der Waals surface area contributed by atoms with E-state index in [9.17, 15) is 13.2 Å². The summed E-state index contributed by atoms with van der Waals surface area (Å²) in [4.78, 5) is 17.1. The standard InChI is InChI=1S/C8H9ClN2O3S2/c1-5-4-15-8(10-5)11-3-6(2-7(11)12)16(9,13)14/h4,6H,2-3H2,1H3. The lowest BCUT2D eigenvalue weighted by Gasteiger charge is -2.11. The first-order valence-corrected chi connectivity index (χ1v) is 7.79. The Morgan fingerprint density at radius 1 is 1.62 bits per heavy atom. The van der Waals surface area contributed by atoms with Crippen molar-refractivity contribution in [2.45, 2.75) is 18.6 Å². The first kappa shape index (κ1) is 11.8. The van der Waals surface area contributed by atoms with E-state index in [2.05, 4.69) is 4.98 Å². The fourth-order valence-electron chi connectivity index (χ4n) is 1.51. The maximum Gasteiger partial charge on any atom is 0.237 e. The van der Waals surface area contributed by atoms with Gasteiger partial charge in [0, 0.05) is 29.0 Å². The second kappa shape index (κ2) is 3.97.